The summed E-state index contributed by atoms with van der Waals surface area (Å²) < 4.78 is 0. The molecule has 0 heterocycles. The molecule has 0 rings (SSSR count). The first-order valence-electron chi connectivity index (χ1n) is 0.478. The van der Waals surface area contributed by atoms with Crippen molar-refractivity contribution in [3.63, 3.8) is 0 Å². The third kappa shape index (κ3) is 41.1. The molecule has 0 spiro atoms. The van der Waals surface area contributed by atoms with Crippen molar-refractivity contribution in [2.24, 2.45) is 0 Å². The van der Waals surface area contributed by atoms with E-state index in [4.69, 9.17) is 37.7 Å². The van der Waals surface area contributed by atoms with Crippen LogP contribution in [0, 0.1) is 0 Å². The van der Waals surface area contributed by atoms with Gasteiger partial charge in [0.2, 0.25) is 0 Å². The van der Waals surface area contributed by atoms with Crippen LogP contribution in [0.2, 0.25) is 0 Å². The molecule has 0 aromatic heterocycles. The molecule has 0 bridgehead atoms. The molecule has 0 aliphatic rings. The molecule has 1 nitrogen and oxygen atoms in total. The van der Waals surface area contributed by atoms with Gasteiger partial charge < -0.3 is 6.15 Å². The quantitative estimate of drug-likeness (QED) is 0.639. The summed E-state index contributed by atoms with van der Waals surface area (Å²) >= 11 is -3.06. The number of nitrogens with two attached hydrogens (primary N) is 1. The molecule has 0 fully saturated rings. The summed E-state index contributed by atoms with van der Waals surface area (Å²) in [4.78, 5) is 0. The van der Waals surface area contributed by atoms with Crippen molar-refractivity contribution in [1.29, 1.82) is 0 Å². The summed E-state index contributed by atoms with van der Waals surface area (Å²) in [6.07, 6.45) is 0. The SMILES string of the molecule is [Cl][Pt]([Cl])([Cl])[Cl].[NH2-]. The molecule has 0 unspecified atom stereocenters. The summed E-state index contributed by atoms with van der Waals surface area (Å²) in [5, 5.41) is 0. The van der Waals surface area contributed by atoms with E-state index in [-0.39, 0.29) is 6.15 Å². The molecule has 6 heavy (non-hydrogen) atoms. The maximum absolute atomic E-state index is 5.01. The predicted octanol–water partition coefficient (Wildman–Crippen LogP) is 3.47. The zero-order chi connectivity index (χ0) is 4.50. The van der Waals surface area contributed by atoms with Gasteiger partial charge in [-0.15, -0.1) is 0 Å². The number of hydrogen-bond donors (Lipinski definition) is 0. The Balaban J connectivity index is 0. The average molecular weight is 353 g/mol. The zero-order valence-electron chi connectivity index (χ0n) is 2.41. The first-order valence-corrected chi connectivity index (χ1v) is 11.7. The van der Waals surface area contributed by atoms with Gasteiger partial charge in [-0.2, -0.15) is 0 Å². The Labute approximate surface area is 55.4 Å². The van der Waals surface area contributed by atoms with Gasteiger partial charge in [0.1, 0.15) is 0 Å². The Hall–Kier alpha value is 1.81. The Morgan fingerprint density at radius 2 is 0.833 bits per heavy atom. The summed E-state index contributed by atoms with van der Waals surface area (Å²) in [5.74, 6) is 0. The molecule has 0 aromatic rings. The van der Waals surface area contributed by atoms with Gasteiger partial charge in [0.05, 0.1) is 0 Å². The third-order valence-corrected chi connectivity index (χ3v) is 0. The van der Waals surface area contributed by atoms with Crippen LogP contribution in [0.25, 0.3) is 6.15 Å². The molecular weight excluding hydrogens is 351 g/mol. The zero-order valence-corrected chi connectivity index (χ0v) is 7.70. The molecule has 0 amide bonds. The monoisotopic (exact) mass is 351 g/mol. The maximum Gasteiger partial charge on any atom is -0.693 e. The molecular formula is H2Cl4NPt-. The van der Waals surface area contributed by atoms with Crippen molar-refractivity contribution in [2.75, 3.05) is 0 Å². The molecule has 0 atom stereocenters. The van der Waals surface area contributed by atoms with Crippen LogP contribution >= 0.6 is 37.7 Å². The first-order chi connectivity index (χ1) is 2.00. The van der Waals surface area contributed by atoms with Gasteiger partial charge in [-0.3, -0.25) is 0 Å². The molecule has 6 heteroatoms. The largest absolute Gasteiger partial charge is 0.693 e. The van der Waals surface area contributed by atoms with Gasteiger partial charge in [-0.05, 0) is 0 Å². The molecule has 0 saturated carbocycles. The van der Waals surface area contributed by atoms with E-state index in [0.29, 0.717) is 0 Å². The molecule has 0 radical (unpaired) electrons. The molecule has 0 aliphatic heterocycles. The van der Waals surface area contributed by atoms with Crippen molar-refractivity contribution in [3.05, 3.63) is 6.15 Å². The van der Waals surface area contributed by atoms with Crippen LogP contribution in [0.3, 0.4) is 0 Å². The molecule has 0 aliphatic carbocycles. The van der Waals surface area contributed by atoms with E-state index in [9.17, 15) is 0 Å². The molecule has 0 aromatic carbocycles. The average Bonchev–Trinajstić information content (AvgIpc) is 0.722. The van der Waals surface area contributed by atoms with Crippen molar-refractivity contribution in [1.82, 2.24) is 0 Å². The molecule has 46 valence electrons. The van der Waals surface area contributed by atoms with Crippen molar-refractivity contribution in [3.8, 4) is 0 Å². The second-order valence-corrected chi connectivity index (χ2v) is 20.0. The van der Waals surface area contributed by atoms with Crippen LogP contribution in [0.5, 0.6) is 0 Å². The topological polar surface area (TPSA) is 33.5 Å². The number of rotatable bonds is 0. The fourth-order valence-electron chi connectivity index (χ4n) is 0. The van der Waals surface area contributed by atoms with Crippen LogP contribution < -0.4 is 0 Å². The normalized spacial score (nSPS) is 12.7. The van der Waals surface area contributed by atoms with Crippen LogP contribution in [-0.4, -0.2) is 0 Å². The molecule has 0 saturated heterocycles. The summed E-state index contributed by atoms with van der Waals surface area (Å²) in [6.45, 7) is 0. The van der Waals surface area contributed by atoms with E-state index < -0.39 is 11.9 Å². The van der Waals surface area contributed by atoms with Gasteiger partial charge in [0, 0.05) is 0 Å². The first kappa shape index (κ1) is 10.7. The minimum Gasteiger partial charge on any atom is -0.693 e. The van der Waals surface area contributed by atoms with Gasteiger partial charge in [-0.1, -0.05) is 0 Å². The van der Waals surface area contributed by atoms with Gasteiger partial charge in [0.25, 0.3) is 0 Å². The van der Waals surface area contributed by atoms with Crippen LogP contribution in [0.4, 0.5) is 0 Å². The van der Waals surface area contributed by atoms with E-state index in [1.54, 1.807) is 0 Å². The fourth-order valence-corrected chi connectivity index (χ4v) is 0. The van der Waals surface area contributed by atoms with Crippen molar-refractivity contribution < 1.29 is 11.9 Å². The minimum atomic E-state index is -3.06. The number of halogens is 4. The smallest absolute Gasteiger partial charge is 0.693 e. The van der Waals surface area contributed by atoms with Gasteiger partial charge >= 0.3 is 49.6 Å². The Kier molecular flexibility index (Phi) is 6.74. The van der Waals surface area contributed by atoms with E-state index in [0.717, 1.165) is 0 Å². The van der Waals surface area contributed by atoms with Crippen molar-refractivity contribution >= 4 is 37.7 Å². The predicted molar refractivity (Wildman–Crippen MR) is 28.7 cm³/mol. The summed E-state index contributed by atoms with van der Waals surface area (Å²) in [7, 11) is 20.0. The Morgan fingerprint density at radius 1 is 0.833 bits per heavy atom. The van der Waals surface area contributed by atoms with Crippen molar-refractivity contribution in [2.45, 2.75) is 0 Å². The van der Waals surface area contributed by atoms with Crippen LogP contribution in [0.15, 0.2) is 0 Å². The summed E-state index contributed by atoms with van der Waals surface area (Å²) in [6, 6.07) is 0. The van der Waals surface area contributed by atoms with Gasteiger partial charge in [-0.25, -0.2) is 0 Å². The van der Waals surface area contributed by atoms with E-state index in [1.807, 2.05) is 0 Å². The summed E-state index contributed by atoms with van der Waals surface area (Å²) in [5.41, 5.74) is 0. The Bertz CT molecular complexity index is 23.0. The van der Waals surface area contributed by atoms with Gasteiger partial charge in [0.15, 0.2) is 0 Å². The van der Waals surface area contributed by atoms with E-state index >= 15 is 0 Å². The molecule has 2 N–H and O–H groups in total. The van der Waals surface area contributed by atoms with E-state index in [2.05, 4.69) is 0 Å². The maximum atomic E-state index is 5.01. The standard InChI is InChI=1S/4ClH.H2N.Pt/h4*1H;1H2;/q;;;;-1;+4/p-4. The number of hydrogen-bond acceptors (Lipinski definition) is 0. The third-order valence-electron chi connectivity index (χ3n) is 0. The minimum absolute atomic E-state index is 0. The second kappa shape index (κ2) is 3.77. The van der Waals surface area contributed by atoms with Crippen LogP contribution in [-0.2, 0) is 11.9 Å². The Morgan fingerprint density at radius 3 is 0.833 bits per heavy atom. The van der Waals surface area contributed by atoms with E-state index in [1.165, 1.54) is 0 Å². The van der Waals surface area contributed by atoms with Crippen LogP contribution in [0.1, 0.15) is 0 Å². The fraction of sp³-hybridized carbons (Fsp3) is 0. The second-order valence-electron chi connectivity index (χ2n) is 0.271.